The average molecular weight is 433 g/mol. The number of amides is 1. The van der Waals surface area contributed by atoms with Gasteiger partial charge in [-0.3, -0.25) is 4.79 Å². The molecular formula is C27H32N2O3. The van der Waals surface area contributed by atoms with Crippen molar-refractivity contribution in [3.8, 4) is 11.5 Å². The maximum Gasteiger partial charge on any atom is 0.241 e. The Balaban J connectivity index is 1.84. The second kappa shape index (κ2) is 11.3. The Kier molecular flexibility index (Phi) is 8.28. The van der Waals surface area contributed by atoms with E-state index in [1.807, 2.05) is 42.5 Å². The van der Waals surface area contributed by atoms with Gasteiger partial charge in [-0.25, -0.2) is 0 Å². The van der Waals surface area contributed by atoms with E-state index in [1.54, 1.807) is 21.3 Å². The highest BCUT2D eigenvalue weighted by Gasteiger charge is 2.21. The smallest absolute Gasteiger partial charge is 0.241 e. The van der Waals surface area contributed by atoms with E-state index in [4.69, 9.17) is 9.47 Å². The molecule has 5 heteroatoms. The zero-order chi connectivity index (χ0) is 22.9. The molecule has 0 heterocycles. The first-order valence-electron chi connectivity index (χ1n) is 10.9. The number of likely N-dealkylation sites (N-methyl/N-ethyl adjacent to an activating group) is 1. The van der Waals surface area contributed by atoms with Crippen LogP contribution in [0.25, 0.3) is 0 Å². The topological polar surface area (TPSA) is 59.6 Å². The standard InChI is InChI=1S/C27H32N2O3/c1-19-10-12-20(13-11-19)23(22-14-15-24(31-3)25(18-22)32-4)16-17-29-26(27(30)28-2)21-8-6-5-7-9-21/h5-15,18,23,26,29H,16-17H2,1-4H3,(H,28,30)/t23-,26-/m1/s1. The van der Waals surface area contributed by atoms with Crippen molar-refractivity contribution in [1.29, 1.82) is 0 Å². The summed E-state index contributed by atoms with van der Waals surface area (Å²) in [6.07, 6.45) is 0.818. The summed E-state index contributed by atoms with van der Waals surface area (Å²) < 4.78 is 10.9. The predicted molar refractivity (Wildman–Crippen MR) is 128 cm³/mol. The molecule has 0 bridgehead atoms. The molecule has 3 aromatic rings. The maximum atomic E-state index is 12.5. The van der Waals surface area contributed by atoms with Crippen molar-refractivity contribution < 1.29 is 14.3 Å². The number of ether oxygens (including phenoxy) is 2. The molecule has 168 valence electrons. The second-order valence-electron chi connectivity index (χ2n) is 7.78. The van der Waals surface area contributed by atoms with Crippen molar-refractivity contribution in [1.82, 2.24) is 10.6 Å². The molecule has 2 atom stereocenters. The maximum absolute atomic E-state index is 12.5. The number of nitrogens with one attached hydrogen (secondary N) is 2. The van der Waals surface area contributed by atoms with E-state index >= 15 is 0 Å². The van der Waals surface area contributed by atoms with Crippen molar-refractivity contribution in [3.63, 3.8) is 0 Å². The Labute approximate surface area is 190 Å². The molecule has 32 heavy (non-hydrogen) atoms. The Morgan fingerprint density at radius 1 is 0.844 bits per heavy atom. The van der Waals surface area contributed by atoms with E-state index in [-0.39, 0.29) is 11.8 Å². The van der Waals surface area contributed by atoms with Gasteiger partial charge >= 0.3 is 0 Å². The van der Waals surface area contributed by atoms with E-state index in [0.717, 1.165) is 17.5 Å². The molecule has 3 aromatic carbocycles. The van der Waals surface area contributed by atoms with Gasteiger partial charge in [0.2, 0.25) is 5.91 Å². The van der Waals surface area contributed by atoms with Crippen molar-refractivity contribution in [2.75, 3.05) is 27.8 Å². The van der Waals surface area contributed by atoms with Gasteiger partial charge in [-0.15, -0.1) is 0 Å². The highest BCUT2D eigenvalue weighted by Crippen LogP contribution is 2.35. The molecule has 0 aliphatic carbocycles. The lowest BCUT2D eigenvalue weighted by atomic mass is 9.87. The van der Waals surface area contributed by atoms with Gasteiger partial charge in [0.15, 0.2) is 11.5 Å². The first kappa shape index (κ1) is 23.4. The van der Waals surface area contributed by atoms with Crippen LogP contribution < -0.4 is 20.1 Å². The summed E-state index contributed by atoms with van der Waals surface area (Å²) >= 11 is 0. The predicted octanol–water partition coefficient (Wildman–Crippen LogP) is 4.61. The zero-order valence-electron chi connectivity index (χ0n) is 19.2. The minimum absolute atomic E-state index is 0.0470. The lowest BCUT2D eigenvalue weighted by Gasteiger charge is -2.22. The van der Waals surface area contributed by atoms with Crippen LogP contribution in [0, 0.1) is 6.92 Å². The van der Waals surface area contributed by atoms with Gasteiger partial charge in [0, 0.05) is 13.0 Å². The fraction of sp³-hybridized carbons (Fsp3) is 0.296. The van der Waals surface area contributed by atoms with Crippen LogP contribution in [0.15, 0.2) is 72.8 Å². The molecule has 0 saturated carbocycles. The summed E-state index contributed by atoms with van der Waals surface area (Å²) in [5, 5.41) is 6.22. The summed E-state index contributed by atoms with van der Waals surface area (Å²) in [5.74, 6) is 1.52. The van der Waals surface area contributed by atoms with Gasteiger partial charge in [0.25, 0.3) is 0 Å². The summed E-state index contributed by atoms with van der Waals surface area (Å²) in [6, 6.07) is 24.1. The van der Waals surface area contributed by atoms with Gasteiger partial charge in [0.05, 0.1) is 14.2 Å². The van der Waals surface area contributed by atoms with E-state index < -0.39 is 6.04 Å². The molecule has 0 aliphatic rings. The number of carbonyl (C=O) groups excluding carboxylic acids is 1. The van der Waals surface area contributed by atoms with Gasteiger partial charge < -0.3 is 20.1 Å². The molecule has 2 N–H and O–H groups in total. The largest absolute Gasteiger partial charge is 0.493 e. The summed E-state index contributed by atoms with van der Waals surface area (Å²) in [4.78, 5) is 12.5. The molecular weight excluding hydrogens is 400 g/mol. The van der Waals surface area contributed by atoms with Crippen molar-refractivity contribution in [3.05, 3.63) is 95.1 Å². The molecule has 0 saturated heterocycles. The Bertz CT molecular complexity index is 1000. The third-order valence-corrected chi connectivity index (χ3v) is 5.71. The number of aryl methyl sites for hydroxylation is 1. The number of hydrogen-bond donors (Lipinski definition) is 2. The minimum Gasteiger partial charge on any atom is -0.493 e. The number of hydrogen-bond acceptors (Lipinski definition) is 4. The highest BCUT2D eigenvalue weighted by molar-refractivity contribution is 5.82. The van der Waals surface area contributed by atoms with Gasteiger partial charge in [-0.2, -0.15) is 0 Å². The quantitative estimate of drug-likeness (QED) is 0.491. The van der Waals surface area contributed by atoms with Gasteiger partial charge in [0.1, 0.15) is 6.04 Å². The number of methoxy groups -OCH3 is 2. The van der Waals surface area contributed by atoms with E-state index in [1.165, 1.54) is 11.1 Å². The van der Waals surface area contributed by atoms with Crippen molar-refractivity contribution in [2.24, 2.45) is 0 Å². The Morgan fingerprint density at radius 2 is 1.50 bits per heavy atom. The van der Waals surface area contributed by atoms with Crippen LogP contribution in [0.1, 0.15) is 40.6 Å². The monoisotopic (exact) mass is 432 g/mol. The number of carbonyl (C=O) groups is 1. The molecule has 1 amide bonds. The average Bonchev–Trinajstić information content (AvgIpc) is 2.84. The van der Waals surface area contributed by atoms with Crippen LogP contribution >= 0.6 is 0 Å². The Morgan fingerprint density at radius 3 is 2.12 bits per heavy atom. The first-order valence-corrected chi connectivity index (χ1v) is 10.9. The highest BCUT2D eigenvalue weighted by atomic mass is 16.5. The molecule has 5 nitrogen and oxygen atoms in total. The third-order valence-electron chi connectivity index (χ3n) is 5.71. The molecule has 0 aliphatic heterocycles. The third kappa shape index (κ3) is 5.68. The fourth-order valence-corrected chi connectivity index (χ4v) is 3.92. The van der Waals surface area contributed by atoms with Crippen LogP contribution in [-0.2, 0) is 4.79 Å². The second-order valence-corrected chi connectivity index (χ2v) is 7.78. The lowest BCUT2D eigenvalue weighted by Crippen LogP contribution is -2.36. The zero-order valence-corrected chi connectivity index (χ0v) is 19.2. The summed E-state index contributed by atoms with van der Waals surface area (Å²) in [7, 11) is 4.96. The molecule has 0 unspecified atom stereocenters. The van der Waals surface area contributed by atoms with Crippen LogP contribution in [0.3, 0.4) is 0 Å². The number of benzene rings is 3. The van der Waals surface area contributed by atoms with Crippen LogP contribution in [0.4, 0.5) is 0 Å². The Hall–Kier alpha value is -3.31. The van der Waals surface area contributed by atoms with E-state index in [2.05, 4.69) is 47.9 Å². The molecule has 3 rings (SSSR count). The summed E-state index contributed by atoms with van der Waals surface area (Å²) in [5.41, 5.74) is 4.54. The lowest BCUT2D eigenvalue weighted by molar-refractivity contribution is -0.122. The van der Waals surface area contributed by atoms with Crippen molar-refractivity contribution in [2.45, 2.75) is 25.3 Å². The van der Waals surface area contributed by atoms with E-state index in [9.17, 15) is 4.79 Å². The van der Waals surface area contributed by atoms with E-state index in [0.29, 0.717) is 18.0 Å². The molecule has 0 spiro atoms. The first-order chi connectivity index (χ1) is 15.6. The summed E-state index contributed by atoms with van der Waals surface area (Å²) in [6.45, 7) is 2.75. The van der Waals surface area contributed by atoms with Gasteiger partial charge in [-0.1, -0.05) is 66.2 Å². The number of rotatable bonds is 10. The SMILES string of the molecule is CNC(=O)[C@H](NCC[C@H](c1ccc(C)cc1)c1ccc(OC)c(OC)c1)c1ccccc1. The van der Waals surface area contributed by atoms with Crippen LogP contribution in [0.2, 0.25) is 0 Å². The van der Waals surface area contributed by atoms with Crippen molar-refractivity contribution >= 4 is 5.91 Å². The van der Waals surface area contributed by atoms with Gasteiger partial charge in [-0.05, 0) is 48.7 Å². The molecule has 0 radical (unpaired) electrons. The van der Waals surface area contributed by atoms with Crippen LogP contribution in [0.5, 0.6) is 11.5 Å². The van der Waals surface area contributed by atoms with Crippen LogP contribution in [-0.4, -0.2) is 33.7 Å². The molecule has 0 aromatic heterocycles. The fourth-order valence-electron chi connectivity index (χ4n) is 3.92. The molecule has 0 fully saturated rings. The minimum atomic E-state index is -0.398. The normalized spacial score (nSPS) is 12.6.